The highest BCUT2D eigenvalue weighted by molar-refractivity contribution is 5.53. The van der Waals surface area contributed by atoms with Crippen molar-refractivity contribution in [3.63, 3.8) is 0 Å². The molecule has 0 bridgehead atoms. The summed E-state index contributed by atoms with van der Waals surface area (Å²) in [6.07, 6.45) is 1.80. The zero-order chi connectivity index (χ0) is 18.6. The summed E-state index contributed by atoms with van der Waals surface area (Å²) in [5.74, 6) is 1.19. The van der Waals surface area contributed by atoms with Crippen molar-refractivity contribution in [2.75, 3.05) is 67.2 Å². The fraction of sp³-hybridized carbons (Fsp3) is 0.421. The average molecular weight is 368 g/mol. The molecule has 1 aromatic heterocycles. The van der Waals surface area contributed by atoms with E-state index in [0.29, 0.717) is 13.2 Å². The minimum absolute atomic E-state index is 0.0778. The first-order chi connectivity index (χ1) is 13.2. The Bertz CT molecular complexity index is 840. The number of hydrogen-bond donors (Lipinski definition) is 0. The van der Waals surface area contributed by atoms with Gasteiger partial charge in [0.2, 0.25) is 5.95 Å². The van der Waals surface area contributed by atoms with Crippen LogP contribution in [0.15, 0.2) is 30.5 Å². The van der Waals surface area contributed by atoms with Crippen molar-refractivity contribution >= 4 is 17.5 Å². The van der Waals surface area contributed by atoms with Gasteiger partial charge in [-0.3, -0.25) is 0 Å². The second kappa shape index (κ2) is 7.76. The normalized spacial score (nSPS) is 17.7. The second-order valence-corrected chi connectivity index (χ2v) is 6.56. The standard InChI is InChI=1S/C19H21FN6O/c20-17-13-16(2-1-15(17)14-21)24-5-7-25(8-6-24)18-3-4-22-19(23-18)26-9-11-27-12-10-26/h1-4,13H,5-12H2. The number of hydrogen-bond acceptors (Lipinski definition) is 7. The Morgan fingerprint density at radius 1 is 0.963 bits per heavy atom. The minimum atomic E-state index is -0.469. The number of halogens is 1. The first-order valence-electron chi connectivity index (χ1n) is 9.10. The molecule has 0 radical (unpaired) electrons. The van der Waals surface area contributed by atoms with Crippen LogP contribution in [0.2, 0.25) is 0 Å². The molecule has 1 aromatic carbocycles. The number of anilines is 3. The molecule has 0 N–H and O–H groups in total. The molecule has 2 aliphatic rings. The van der Waals surface area contributed by atoms with E-state index in [4.69, 9.17) is 15.0 Å². The lowest BCUT2D eigenvalue weighted by Crippen LogP contribution is -2.47. The Hall–Kier alpha value is -2.92. The number of piperazine rings is 1. The maximum atomic E-state index is 13.9. The molecule has 2 saturated heterocycles. The SMILES string of the molecule is N#Cc1ccc(N2CCN(c3ccnc(N4CCOCC4)n3)CC2)cc1F. The molecule has 0 atom stereocenters. The molecule has 3 heterocycles. The summed E-state index contributed by atoms with van der Waals surface area (Å²) in [6.45, 7) is 6.14. The fourth-order valence-corrected chi connectivity index (χ4v) is 3.42. The van der Waals surface area contributed by atoms with Gasteiger partial charge in [0.05, 0.1) is 18.8 Å². The first kappa shape index (κ1) is 17.5. The molecule has 0 spiro atoms. The number of morpholine rings is 1. The van der Waals surface area contributed by atoms with Crippen LogP contribution in [-0.4, -0.2) is 62.5 Å². The summed E-state index contributed by atoms with van der Waals surface area (Å²) < 4.78 is 19.3. The van der Waals surface area contributed by atoms with Gasteiger partial charge in [-0.25, -0.2) is 9.37 Å². The number of ether oxygens (including phenoxy) is 1. The summed E-state index contributed by atoms with van der Waals surface area (Å²) in [4.78, 5) is 15.6. The van der Waals surface area contributed by atoms with Crippen LogP contribution in [0.1, 0.15) is 5.56 Å². The molecule has 0 unspecified atom stereocenters. The van der Waals surface area contributed by atoms with Gasteiger partial charge < -0.3 is 19.4 Å². The third-order valence-corrected chi connectivity index (χ3v) is 4.96. The first-order valence-corrected chi connectivity index (χ1v) is 9.10. The van der Waals surface area contributed by atoms with Crippen molar-refractivity contribution in [3.05, 3.63) is 41.8 Å². The number of benzene rings is 1. The predicted molar refractivity (Wildman–Crippen MR) is 101 cm³/mol. The Labute approximate surface area is 157 Å². The van der Waals surface area contributed by atoms with E-state index in [9.17, 15) is 4.39 Å². The lowest BCUT2D eigenvalue weighted by atomic mass is 10.2. The summed E-state index contributed by atoms with van der Waals surface area (Å²) in [5.41, 5.74) is 0.886. The van der Waals surface area contributed by atoms with E-state index in [-0.39, 0.29) is 5.56 Å². The lowest BCUT2D eigenvalue weighted by molar-refractivity contribution is 0.122. The van der Waals surface area contributed by atoms with Crippen molar-refractivity contribution in [1.29, 1.82) is 5.26 Å². The number of rotatable bonds is 3. The molecule has 7 nitrogen and oxygen atoms in total. The van der Waals surface area contributed by atoms with Crippen molar-refractivity contribution in [3.8, 4) is 6.07 Å². The lowest BCUT2D eigenvalue weighted by Gasteiger charge is -2.37. The molecule has 2 fully saturated rings. The molecular formula is C19H21FN6O. The Balaban J connectivity index is 1.42. The Kier molecular flexibility index (Phi) is 5.03. The third kappa shape index (κ3) is 3.78. The molecule has 27 heavy (non-hydrogen) atoms. The highest BCUT2D eigenvalue weighted by Gasteiger charge is 2.21. The largest absolute Gasteiger partial charge is 0.378 e. The highest BCUT2D eigenvalue weighted by atomic mass is 19.1. The molecule has 0 aliphatic carbocycles. The minimum Gasteiger partial charge on any atom is -0.378 e. The molecule has 2 aliphatic heterocycles. The monoisotopic (exact) mass is 368 g/mol. The number of aromatic nitrogens is 2. The van der Waals surface area contributed by atoms with Gasteiger partial charge in [0.1, 0.15) is 17.7 Å². The highest BCUT2D eigenvalue weighted by Crippen LogP contribution is 2.22. The molecule has 140 valence electrons. The maximum absolute atomic E-state index is 13.9. The predicted octanol–water partition coefficient (Wildman–Crippen LogP) is 1.65. The van der Waals surface area contributed by atoms with E-state index in [1.807, 2.05) is 12.1 Å². The van der Waals surface area contributed by atoms with E-state index in [0.717, 1.165) is 56.7 Å². The van der Waals surface area contributed by atoms with Crippen LogP contribution in [0.25, 0.3) is 0 Å². The van der Waals surface area contributed by atoms with Crippen LogP contribution in [0.4, 0.5) is 21.8 Å². The van der Waals surface area contributed by atoms with E-state index in [1.165, 1.54) is 12.1 Å². The van der Waals surface area contributed by atoms with Crippen LogP contribution in [0, 0.1) is 17.1 Å². The van der Waals surface area contributed by atoms with Gasteiger partial charge in [0.25, 0.3) is 0 Å². The van der Waals surface area contributed by atoms with E-state index < -0.39 is 5.82 Å². The van der Waals surface area contributed by atoms with Crippen LogP contribution in [-0.2, 0) is 4.74 Å². The Morgan fingerprint density at radius 2 is 1.70 bits per heavy atom. The van der Waals surface area contributed by atoms with Gasteiger partial charge in [-0.2, -0.15) is 10.2 Å². The molecule has 0 amide bonds. The van der Waals surface area contributed by atoms with Crippen molar-refractivity contribution in [2.24, 2.45) is 0 Å². The fourth-order valence-electron chi connectivity index (χ4n) is 3.42. The van der Waals surface area contributed by atoms with Crippen molar-refractivity contribution in [1.82, 2.24) is 9.97 Å². The molecule has 2 aromatic rings. The Morgan fingerprint density at radius 3 is 2.41 bits per heavy atom. The maximum Gasteiger partial charge on any atom is 0.227 e. The van der Waals surface area contributed by atoms with Crippen LogP contribution >= 0.6 is 0 Å². The summed E-state index contributed by atoms with van der Waals surface area (Å²) in [6, 6.07) is 8.57. The molecule has 8 heteroatoms. The van der Waals surface area contributed by atoms with Crippen LogP contribution in [0.3, 0.4) is 0 Å². The molecular weight excluding hydrogens is 347 g/mol. The zero-order valence-electron chi connectivity index (χ0n) is 15.0. The molecule has 4 rings (SSSR count). The zero-order valence-corrected chi connectivity index (χ0v) is 15.0. The van der Waals surface area contributed by atoms with E-state index in [1.54, 1.807) is 12.3 Å². The number of nitrogens with zero attached hydrogens (tertiary/aromatic N) is 6. The van der Waals surface area contributed by atoms with E-state index in [2.05, 4.69) is 19.7 Å². The summed E-state index contributed by atoms with van der Waals surface area (Å²) >= 11 is 0. The topological polar surface area (TPSA) is 68.5 Å². The van der Waals surface area contributed by atoms with Crippen molar-refractivity contribution in [2.45, 2.75) is 0 Å². The quantitative estimate of drug-likeness (QED) is 0.816. The molecule has 0 saturated carbocycles. The summed E-state index contributed by atoms with van der Waals surface area (Å²) in [5, 5.41) is 8.86. The van der Waals surface area contributed by atoms with Crippen LogP contribution < -0.4 is 14.7 Å². The van der Waals surface area contributed by atoms with Gasteiger partial charge in [-0.1, -0.05) is 0 Å². The van der Waals surface area contributed by atoms with Gasteiger partial charge in [-0.05, 0) is 24.3 Å². The average Bonchev–Trinajstić information content (AvgIpc) is 2.74. The second-order valence-electron chi connectivity index (χ2n) is 6.56. The van der Waals surface area contributed by atoms with E-state index >= 15 is 0 Å². The third-order valence-electron chi connectivity index (χ3n) is 4.96. The van der Waals surface area contributed by atoms with Gasteiger partial charge in [-0.15, -0.1) is 0 Å². The van der Waals surface area contributed by atoms with Crippen LogP contribution in [0.5, 0.6) is 0 Å². The number of nitriles is 1. The smallest absolute Gasteiger partial charge is 0.227 e. The van der Waals surface area contributed by atoms with Gasteiger partial charge in [0.15, 0.2) is 0 Å². The summed E-state index contributed by atoms with van der Waals surface area (Å²) in [7, 11) is 0. The van der Waals surface area contributed by atoms with Gasteiger partial charge in [0, 0.05) is 51.2 Å². The van der Waals surface area contributed by atoms with Crippen molar-refractivity contribution < 1.29 is 9.13 Å². The van der Waals surface area contributed by atoms with Gasteiger partial charge >= 0.3 is 0 Å².